The predicted octanol–water partition coefficient (Wildman–Crippen LogP) is 1.64. The van der Waals surface area contributed by atoms with E-state index in [1.54, 1.807) is 11.3 Å². The molecule has 20 heavy (non-hydrogen) atoms. The van der Waals surface area contributed by atoms with Gasteiger partial charge in [0.05, 0.1) is 18.1 Å². The zero-order valence-corrected chi connectivity index (χ0v) is 14.0. The zero-order chi connectivity index (χ0) is 15.1. The van der Waals surface area contributed by atoms with Gasteiger partial charge in [-0.1, -0.05) is 0 Å². The molecule has 1 aliphatic heterocycles. The molecule has 0 saturated carbocycles. The minimum absolute atomic E-state index is 0.167. The summed E-state index contributed by atoms with van der Waals surface area (Å²) in [5, 5.41) is 4.36. The number of amides is 2. The Balaban J connectivity index is 2.42. The molecule has 1 aromatic rings. The van der Waals surface area contributed by atoms with Gasteiger partial charge in [-0.25, -0.2) is 0 Å². The quantitative estimate of drug-likeness (QED) is 0.804. The van der Waals surface area contributed by atoms with E-state index >= 15 is 0 Å². The van der Waals surface area contributed by atoms with Crippen molar-refractivity contribution in [3.63, 3.8) is 0 Å². The molecule has 1 saturated heterocycles. The Bertz CT molecular complexity index is 541. The molecule has 2 heterocycles. The highest BCUT2D eigenvalue weighted by molar-refractivity contribution is 9.10. The van der Waals surface area contributed by atoms with Crippen molar-refractivity contribution in [2.24, 2.45) is 5.73 Å². The summed E-state index contributed by atoms with van der Waals surface area (Å²) in [6.07, 6.45) is 0. The highest BCUT2D eigenvalue weighted by Gasteiger charge is 2.45. The molecular weight excluding hydrogens is 342 g/mol. The van der Waals surface area contributed by atoms with Gasteiger partial charge in [0.1, 0.15) is 0 Å². The van der Waals surface area contributed by atoms with Crippen LogP contribution in [0.15, 0.2) is 15.9 Å². The third-order valence-corrected chi connectivity index (χ3v) is 5.32. The van der Waals surface area contributed by atoms with Crippen LogP contribution >= 0.6 is 27.3 Å². The number of halogens is 1. The number of nitrogens with zero attached hydrogens (tertiary/aromatic N) is 1. The predicted molar refractivity (Wildman–Crippen MR) is 82.3 cm³/mol. The van der Waals surface area contributed by atoms with E-state index in [1.165, 1.54) is 0 Å². The molecule has 110 valence electrons. The lowest BCUT2D eigenvalue weighted by Crippen LogP contribution is -2.66. The summed E-state index contributed by atoms with van der Waals surface area (Å²) in [6.45, 7) is 5.69. The lowest BCUT2D eigenvalue weighted by molar-refractivity contribution is -0.147. The number of hydrogen-bond donors (Lipinski definition) is 2. The smallest absolute Gasteiger partial charge is 0.246 e. The van der Waals surface area contributed by atoms with Gasteiger partial charge in [-0.3, -0.25) is 19.8 Å². The summed E-state index contributed by atoms with van der Waals surface area (Å²) in [6, 6.07) is 1.63. The molecule has 2 rings (SSSR count). The van der Waals surface area contributed by atoms with Gasteiger partial charge in [0.25, 0.3) is 0 Å². The monoisotopic (exact) mass is 359 g/mol. The fourth-order valence-electron chi connectivity index (χ4n) is 2.43. The number of thiophene rings is 1. The largest absolute Gasteiger partial charge is 0.326 e. The van der Waals surface area contributed by atoms with E-state index < -0.39 is 5.54 Å². The molecule has 7 heteroatoms. The average Bonchev–Trinajstić information content (AvgIpc) is 2.72. The van der Waals surface area contributed by atoms with Gasteiger partial charge in [-0.15, -0.1) is 11.3 Å². The molecule has 2 unspecified atom stereocenters. The number of nitrogens with one attached hydrogen (secondary N) is 1. The molecule has 1 aromatic heterocycles. The van der Waals surface area contributed by atoms with Crippen molar-refractivity contribution in [2.75, 3.05) is 6.54 Å². The van der Waals surface area contributed by atoms with Crippen molar-refractivity contribution in [1.82, 2.24) is 10.2 Å². The number of nitrogens with two attached hydrogens (primary N) is 1. The Morgan fingerprint density at radius 3 is 2.65 bits per heavy atom. The van der Waals surface area contributed by atoms with E-state index in [0.29, 0.717) is 0 Å². The average molecular weight is 360 g/mol. The Hall–Kier alpha value is -0.760. The van der Waals surface area contributed by atoms with Gasteiger partial charge in [0, 0.05) is 20.8 Å². The fourth-order valence-corrected chi connectivity index (χ4v) is 4.10. The number of piperazine rings is 1. The molecule has 2 amide bonds. The number of rotatable bonds is 3. The van der Waals surface area contributed by atoms with Crippen molar-refractivity contribution in [2.45, 2.75) is 38.4 Å². The van der Waals surface area contributed by atoms with Crippen LogP contribution in [-0.4, -0.2) is 34.8 Å². The van der Waals surface area contributed by atoms with E-state index in [-0.39, 0.29) is 30.4 Å². The lowest BCUT2D eigenvalue weighted by Gasteiger charge is -2.45. The van der Waals surface area contributed by atoms with Crippen molar-refractivity contribution in [1.29, 1.82) is 0 Å². The van der Waals surface area contributed by atoms with Crippen molar-refractivity contribution in [3.8, 4) is 0 Å². The van der Waals surface area contributed by atoms with Crippen LogP contribution in [0.5, 0.6) is 0 Å². The van der Waals surface area contributed by atoms with E-state index in [4.69, 9.17) is 5.73 Å². The minimum atomic E-state index is -0.775. The van der Waals surface area contributed by atoms with Crippen LogP contribution in [0.3, 0.4) is 0 Å². The van der Waals surface area contributed by atoms with Crippen LogP contribution in [0.25, 0.3) is 0 Å². The second-order valence-corrected chi connectivity index (χ2v) is 7.39. The molecule has 0 aromatic carbocycles. The maximum absolute atomic E-state index is 12.1. The number of imide groups is 1. The highest BCUT2D eigenvalue weighted by atomic mass is 79.9. The molecule has 2 atom stereocenters. The van der Waals surface area contributed by atoms with Crippen molar-refractivity contribution >= 4 is 39.1 Å². The Kier molecular flexibility index (Phi) is 4.34. The Labute approximate surface area is 130 Å². The van der Waals surface area contributed by atoms with Crippen LogP contribution < -0.4 is 11.1 Å². The maximum atomic E-state index is 12.1. The van der Waals surface area contributed by atoms with E-state index in [2.05, 4.69) is 21.2 Å². The first-order valence-electron chi connectivity index (χ1n) is 6.34. The molecule has 0 bridgehead atoms. The SMILES string of the molecule is CC(N)C(c1cc(Br)cs1)N1CC(=O)NC(=O)C1(C)C. The topological polar surface area (TPSA) is 75.4 Å². The van der Waals surface area contributed by atoms with Crippen LogP contribution in [-0.2, 0) is 9.59 Å². The fraction of sp³-hybridized carbons (Fsp3) is 0.538. The standard InChI is InChI=1S/C13H18BrN3O2S/c1-7(15)11(9-4-8(14)6-20-9)17-5-10(18)16-12(19)13(17,2)3/h4,6-7,11H,5,15H2,1-3H3,(H,16,18,19). The van der Waals surface area contributed by atoms with Crippen molar-refractivity contribution in [3.05, 3.63) is 20.8 Å². The normalized spacial score (nSPS) is 22.4. The van der Waals surface area contributed by atoms with E-state index in [1.807, 2.05) is 37.1 Å². The Morgan fingerprint density at radius 1 is 1.50 bits per heavy atom. The third kappa shape index (κ3) is 2.81. The summed E-state index contributed by atoms with van der Waals surface area (Å²) in [5.41, 5.74) is 5.35. The number of hydrogen-bond acceptors (Lipinski definition) is 5. The molecule has 1 fully saturated rings. The van der Waals surface area contributed by atoms with Gasteiger partial charge < -0.3 is 5.73 Å². The summed E-state index contributed by atoms with van der Waals surface area (Å²) < 4.78 is 0.980. The molecule has 0 radical (unpaired) electrons. The van der Waals surface area contributed by atoms with Crippen LogP contribution in [0, 0.1) is 0 Å². The zero-order valence-electron chi connectivity index (χ0n) is 11.6. The third-order valence-electron chi connectivity index (χ3n) is 3.55. The maximum Gasteiger partial charge on any atom is 0.246 e. The number of carbonyl (C=O) groups excluding carboxylic acids is 2. The molecule has 0 spiro atoms. The van der Waals surface area contributed by atoms with Gasteiger partial charge >= 0.3 is 0 Å². The van der Waals surface area contributed by atoms with Gasteiger partial charge in [0.2, 0.25) is 11.8 Å². The molecule has 0 aliphatic carbocycles. The molecule has 3 N–H and O–H groups in total. The molecule has 5 nitrogen and oxygen atoms in total. The van der Waals surface area contributed by atoms with E-state index in [0.717, 1.165) is 9.35 Å². The minimum Gasteiger partial charge on any atom is -0.326 e. The summed E-state index contributed by atoms with van der Waals surface area (Å²) in [7, 11) is 0. The lowest BCUT2D eigenvalue weighted by atomic mass is 9.93. The van der Waals surface area contributed by atoms with Gasteiger partial charge in [-0.2, -0.15) is 0 Å². The molecular formula is C13H18BrN3O2S. The summed E-state index contributed by atoms with van der Waals surface area (Å²) in [4.78, 5) is 26.7. The number of carbonyl (C=O) groups is 2. The van der Waals surface area contributed by atoms with Crippen LogP contribution in [0.2, 0.25) is 0 Å². The first-order chi connectivity index (χ1) is 9.23. The summed E-state index contributed by atoms with van der Waals surface area (Å²) in [5.74, 6) is -0.564. The van der Waals surface area contributed by atoms with Gasteiger partial charge in [0.15, 0.2) is 0 Å². The molecule has 1 aliphatic rings. The highest BCUT2D eigenvalue weighted by Crippen LogP contribution is 2.36. The first kappa shape index (κ1) is 15.6. The summed E-state index contributed by atoms with van der Waals surface area (Å²) >= 11 is 5.00. The van der Waals surface area contributed by atoms with E-state index in [9.17, 15) is 9.59 Å². The van der Waals surface area contributed by atoms with Crippen molar-refractivity contribution < 1.29 is 9.59 Å². The van der Waals surface area contributed by atoms with Crippen LogP contribution in [0.4, 0.5) is 0 Å². The van der Waals surface area contributed by atoms with Crippen LogP contribution in [0.1, 0.15) is 31.7 Å². The van der Waals surface area contributed by atoms with Gasteiger partial charge in [-0.05, 0) is 42.8 Å². The second kappa shape index (κ2) is 5.55. The Morgan fingerprint density at radius 2 is 2.15 bits per heavy atom. The second-order valence-electron chi connectivity index (χ2n) is 5.54. The first-order valence-corrected chi connectivity index (χ1v) is 8.01.